The van der Waals surface area contributed by atoms with Gasteiger partial charge in [-0.2, -0.15) is 0 Å². The van der Waals surface area contributed by atoms with E-state index in [2.05, 4.69) is 34.3 Å². The summed E-state index contributed by atoms with van der Waals surface area (Å²) in [4.78, 5) is 8.79. The summed E-state index contributed by atoms with van der Waals surface area (Å²) < 4.78 is 4.76. The van der Waals surface area contributed by atoms with E-state index >= 15 is 0 Å². The zero-order valence-electron chi connectivity index (χ0n) is 10.3. The fraction of sp³-hybridized carbons (Fsp3) is 0.417. The zero-order valence-corrected chi connectivity index (χ0v) is 10.3. The molecule has 0 aliphatic rings. The molecule has 0 aliphatic carbocycles. The summed E-state index contributed by atoms with van der Waals surface area (Å²) in [6, 6.07) is 3.82. The summed E-state index contributed by atoms with van der Waals surface area (Å²) in [5.41, 5.74) is 2.84. The average Bonchev–Trinajstić information content (AvgIpc) is 2.78. The van der Waals surface area contributed by atoms with Crippen LogP contribution < -0.4 is 5.32 Å². The van der Waals surface area contributed by atoms with Crippen LogP contribution in [-0.2, 0) is 6.54 Å². The highest BCUT2D eigenvalue weighted by molar-refractivity contribution is 5.29. The summed E-state index contributed by atoms with van der Waals surface area (Å²) >= 11 is 0. The lowest BCUT2D eigenvalue weighted by Gasteiger charge is -2.09. The Morgan fingerprint density at radius 3 is 2.82 bits per heavy atom. The smallest absolute Gasteiger partial charge is 0.223 e. The van der Waals surface area contributed by atoms with Gasteiger partial charge in [-0.05, 0) is 18.9 Å². The first-order chi connectivity index (χ1) is 8.15. The van der Waals surface area contributed by atoms with Crippen molar-refractivity contribution in [2.75, 3.05) is 5.32 Å². The maximum atomic E-state index is 4.76. The van der Waals surface area contributed by atoms with Crippen molar-refractivity contribution < 1.29 is 4.52 Å². The maximum Gasteiger partial charge on any atom is 0.223 e. The molecular formula is C12H16N4O. The van der Waals surface area contributed by atoms with Crippen LogP contribution >= 0.6 is 0 Å². The molecule has 2 aromatic rings. The van der Waals surface area contributed by atoms with Crippen LogP contribution in [0.1, 0.15) is 36.8 Å². The minimum absolute atomic E-state index is 0.393. The van der Waals surface area contributed by atoms with E-state index in [0.717, 1.165) is 17.1 Å². The third-order valence-electron chi connectivity index (χ3n) is 2.38. The van der Waals surface area contributed by atoms with Gasteiger partial charge in [0, 0.05) is 17.5 Å². The molecule has 5 nitrogen and oxygen atoms in total. The molecule has 0 fully saturated rings. The summed E-state index contributed by atoms with van der Waals surface area (Å²) in [6.45, 7) is 6.76. The van der Waals surface area contributed by atoms with Crippen molar-refractivity contribution in [3.05, 3.63) is 35.5 Å². The van der Waals surface area contributed by atoms with Gasteiger partial charge >= 0.3 is 0 Å². The first-order valence-corrected chi connectivity index (χ1v) is 5.64. The Balaban J connectivity index is 2.10. The number of anilines is 1. The van der Waals surface area contributed by atoms with Crippen molar-refractivity contribution >= 4 is 5.95 Å². The van der Waals surface area contributed by atoms with Gasteiger partial charge in [0.05, 0.1) is 6.54 Å². The fourth-order valence-corrected chi connectivity index (χ4v) is 1.47. The molecule has 0 bridgehead atoms. The lowest BCUT2D eigenvalue weighted by Crippen LogP contribution is -2.07. The zero-order chi connectivity index (χ0) is 12.3. The SMILES string of the molecule is Cc1cc(C(C)C)nc(NCc2ccon2)n1. The molecule has 0 spiro atoms. The van der Waals surface area contributed by atoms with Gasteiger partial charge in [0.25, 0.3) is 0 Å². The van der Waals surface area contributed by atoms with Crippen LogP contribution in [0.3, 0.4) is 0 Å². The quantitative estimate of drug-likeness (QED) is 0.877. The third-order valence-corrected chi connectivity index (χ3v) is 2.38. The summed E-state index contributed by atoms with van der Waals surface area (Å²) in [5.74, 6) is 1.03. The second kappa shape index (κ2) is 4.95. The van der Waals surface area contributed by atoms with Gasteiger partial charge in [-0.1, -0.05) is 19.0 Å². The third kappa shape index (κ3) is 3.03. The predicted octanol–water partition coefficient (Wildman–Crippen LogP) is 2.51. The Labute approximate surface area is 100 Å². The molecular weight excluding hydrogens is 216 g/mol. The lowest BCUT2D eigenvalue weighted by molar-refractivity contribution is 0.412. The lowest BCUT2D eigenvalue weighted by atomic mass is 10.1. The van der Waals surface area contributed by atoms with Gasteiger partial charge in [0.2, 0.25) is 5.95 Å². The number of nitrogens with one attached hydrogen (secondary N) is 1. The van der Waals surface area contributed by atoms with E-state index < -0.39 is 0 Å². The van der Waals surface area contributed by atoms with Crippen molar-refractivity contribution in [2.24, 2.45) is 0 Å². The van der Waals surface area contributed by atoms with E-state index in [9.17, 15) is 0 Å². The molecule has 2 aromatic heterocycles. The highest BCUT2D eigenvalue weighted by atomic mass is 16.5. The molecule has 2 rings (SSSR count). The van der Waals surface area contributed by atoms with Crippen LogP contribution in [0, 0.1) is 6.92 Å². The van der Waals surface area contributed by atoms with Crippen LogP contribution in [0.4, 0.5) is 5.95 Å². The van der Waals surface area contributed by atoms with E-state index in [1.807, 2.05) is 19.1 Å². The molecule has 0 saturated carbocycles. The second-order valence-electron chi connectivity index (χ2n) is 4.26. The summed E-state index contributed by atoms with van der Waals surface area (Å²) in [6.07, 6.45) is 1.55. The van der Waals surface area contributed by atoms with Gasteiger partial charge < -0.3 is 9.84 Å². The number of aryl methyl sites for hydroxylation is 1. The van der Waals surface area contributed by atoms with Crippen LogP contribution in [0.5, 0.6) is 0 Å². The van der Waals surface area contributed by atoms with E-state index in [0.29, 0.717) is 18.4 Å². The Kier molecular flexibility index (Phi) is 3.37. The molecule has 0 aromatic carbocycles. The van der Waals surface area contributed by atoms with Gasteiger partial charge in [-0.3, -0.25) is 0 Å². The molecule has 0 unspecified atom stereocenters. The normalized spacial score (nSPS) is 10.8. The van der Waals surface area contributed by atoms with Gasteiger partial charge in [0.1, 0.15) is 12.0 Å². The molecule has 0 aliphatic heterocycles. The summed E-state index contributed by atoms with van der Waals surface area (Å²) in [7, 11) is 0. The minimum Gasteiger partial charge on any atom is -0.364 e. The largest absolute Gasteiger partial charge is 0.364 e. The molecule has 0 radical (unpaired) electrons. The standard InChI is InChI=1S/C12H16N4O/c1-8(2)11-6-9(3)14-12(15-11)13-7-10-4-5-17-16-10/h4-6,8H,7H2,1-3H3,(H,13,14,15). The second-order valence-corrected chi connectivity index (χ2v) is 4.26. The Bertz CT molecular complexity index is 479. The Morgan fingerprint density at radius 2 is 2.18 bits per heavy atom. The maximum absolute atomic E-state index is 4.76. The van der Waals surface area contributed by atoms with Gasteiger partial charge in [0.15, 0.2) is 0 Å². The number of nitrogens with zero attached hydrogens (tertiary/aromatic N) is 3. The van der Waals surface area contributed by atoms with Crippen LogP contribution in [0.15, 0.2) is 22.9 Å². The highest BCUT2D eigenvalue weighted by Crippen LogP contribution is 2.14. The van der Waals surface area contributed by atoms with Crippen molar-refractivity contribution in [1.29, 1.82) is 0 Å². The number of aromatic nitrogens is 3. The van der Waals surface area contributed by atoms with Crippen molar-refractivity contribution in [3.8, 4) is 0 Å². The molecule has 2 heterocycles. The Hall–Kier alpha value is -1.91. The van der Waals surface area contributed by atoms with Gasteiger partial charge in [-0.25, -0.2) is 9.97 Å². The molecule has 17 heavy (non-hydrogen) atoms. The monoisotopic (exact) mass is 232 g/mol. The van der Waals surface area contributed by atoms with E-state index in [-0.39, 0.29) is 0 Å². The number of hydrogen-bond donors (Lipinski definition) is 1. The number of rotatable bonds is 4. The van der Waals surface area contributed by atoms with Crippen molar-refractivity contribution in [2.45, 2.75) is 33.2 Å². The topological polar surface area (TPSA) is 63.8 Å². The van der Waals surface area contributed by atoms with E-state index in [1.165, 1.54) is 0 Å². The first kappa shape index (κ1) is 11.6. The molecule has 0 atom stereocenters. The average molecular weight is 232 g/mol. The Morgan fingerprint density at radius 1 is 1.35 bits per heavy atom. The molecule has 0 saturated heterocycles. The predicted molar refractivity (Wildman–Crippen MR) is 64.7 cm³/mol. The highest BCUT2D eigenvalue weighted by Gasteiger charge is 2.06. The van der Waals surface area contributed by atoms with Gasteiger partial charge in [-0.15, -0.1) is 0 Å². The molecule has 1 N–H and O–H groups in total. The first-order valence-electron chi connectivity index (χ1n) is 5.64. The molecule has 0 amide bonds. The fourth-order valence-electron chi connectivity index (χ4n) is 1.47. The van der Waals surface area contributed by atoms with Crippen LogP contribution in [0.25, 0.3) is 0 Å². The van der Waals surface area contributed by atoms with E-state index in [1.54, 1.807) is 6.26 Å². The molecule has 90 valence electrons. The summed E-state index contributed by atoms with van der Waals surface area (Å²) in [5, 5.41) is 6.96. The van der Waals surface area contributed by atoms with E-state index in [4.69, 9.17) is 4.52 Å². The van der Waals surface area contributed by atoms with Crippen molar-refractivity contribution in [3.63, 3.8) is 0 Å². The number of hydrogen-bond acceptors (Lipinski definition) is 5. The molecule has 5 heteroatoms. The minimum atomic E-state index is 0.393. The van der Waals surface area contributed by atoms with Crippen LogP contribution in [0.2, 0.25) is 0 Å². The van der Waals surface area contributed by atoms with Crippen molar-refractivity contribution in [1.82, 2.24) is 15.1 Å². The van der Waals surface area contributed by atoms with Crippen LogP contribution in [-0.4, -0.2) is 15.1 Å².